The minimum atomic E-state index is -0.554. The maximum Gasteiger partial charge on any atom is 0.270 e. The first-order valence-corrected chi connectivity index (χ1v) is 2.07. The smallest absolute Gasteiger partial charge is 0.270 e. The zero-order valence-electron chi connectivity index (χ0n) is 4.24. The van der Waals surface area contributed by atoms with Gasteiger partial charge in [-0.25, -0.2) is 10.1 Å². The van der Waals surface area contributed by atoms with Gasteiger partial charge >= 0.3 is 0 Å². The predicted octanol–water partition coefficient (Wildman–Crippen LogP) is -1.22. The van der Waals surface area contributed by atoms with Crippen molar-refractivity contribution >= 4 is 0 Å². The Balaban J connectivity index is 3.16. The van der Waals surface area contributed by atoms with E-state index < -0.39 is 11.4 Å². The Morgan fingerprint density at radius 3 is 2.67 bits per heavy atom. The summed E-state index contributed by atoms with van der Waals surface area (Å²) in [7, 11) is 0. The number of aromatic hydroxyl groups is 1. The molecule has 0 spiro atoms. The second-order valence-electron chi connectivity index (χ2n) is 1.35. The van der Waals surface area contributed by atoms with E-state index in [0.717, 1.165) is 6.07 Å². The average Bonchev–Trinajstić information content (AvgIpc) is 2.10. The molecule has 0 fully saturated rings. The van der Waals surface area contributed by atoms with Gasteiger partial charge in [-0.1, -0.05) is 0 Å². The molecule has 1 aromatic heterocycles. The SMILES string of the molecule is O=c1cc(O)n(OO)[nH]1. The molecule has 1 rings (SSSR count). The van der Waals surface area contributed by atoms with E-state index in [1.54, 1.807) is 0 Å². The van der Waals surface area contributed by atoms with Gasteiger partial charge in [0, 0.05) is 0 Å². The van der Waals surface area contributed by atoms with Crippen molar-refractivity contribution in [1.29, 1.82) is 0 Å². The first-order chi connectivity index (χ1) is 4.24. The molecule has 9 heavy (non-hydrogen) atoms. The summed E-state index contributed by atoms with van der Waals surface area (Å²) < 4.78 is 0. The summed E-state index contributed by atoms with van der Waals surface area (Å²) in [5, 5.41) is 18.4. The maximum atomic E-state index is 10.2. The Labute approximate surface area is 48.8 Å². The second-order valence-corrected chi connectivity index (χ2v) is 1.35. The minimum Gasteiger partial charge on any atom is -0.491 e. The maximum absolute atomic E-state index is 10.2. The molecule has 0 saturated heterocycles. The number of hydrogen-bond donors (Lipinski definition) is 3. The molecule has 0 aliphatic carbocycles. The predicted molar refractivity (Wildman–Crippen MR) is 25.9 cm³/mol. The van der Waals surface area contributed by atoms with Crippen LogP contribution in [0.25, 0.3) is 0 Å². The quantitative estimate of drug-likeness (QED) is 0.330. The van der Waals surface area contributed by atoms with Crippen LogP contribution in [-0.2, 0) is 0 Å². The Hall–Kier alpha value is -1.43. The van der Waals surface area contributed by atoms with Crippen molar-refractivity contribution < 1.29 is 15.4 Å². The average molecular weight is 132 g/mol. The van der Waals surface area contributed by atoms with Crippen LogP contribution in [0.1, 0.15) is 0 Å². The van der Waals surface area contributed by atoms with Crippen molar-refractivity contribution in [2.24, 2.45) is 0 Å². The van der Waals surface area contributed by atoms with Gasteiger partial charge in [0.05, 0.1) is 6.07 Å². The van der Waals surface area contributed by atoms with Gasteiger partial charge in [0.1, 0.15) is 0 Å². The molecule has 6 nitrogen and oxygen atoms in total. The van der Waals surface area contributed by atoms with Gasteiger partial charge in [0.2, 0.25) is 0 Å². The molecular formula is C3H4N2O4. The minimum absolute atomic E-state index is 0.419. The first-order valence-electron chi connectivity index (χ1n) is 2.07. The molecule has 0 amide bonds. The molecule has 0 aliphatic heterocycles. The van der Waals surface area contributed by atoms with Crippen LogP contribution >= 0.6 is 0 Å². The zero-order valence-corrected chi connectivity index (χ0v) is 4.24. The van der Waals surface area contributed by atoms with Crippen LogP contribution in [-0.4, -0.2) is 20.3 Å². The molecule has 1 heterocycles. The summed E-state index contributed by atoms with van der Waals surface area (Å²) in [6.07, 6.45) is 0. The molecule has 0 bridgehead atoms. The Morgan fingerprint density at radius 1 is 1.78 bits per heavy atom. The van der Waals surface area contributed by atoms with E-state index in [4.69, 9.17) is 10.4 Å². The van der Waals surface area contributed by atoms with E-state index in [2.05, 4.69) is 4.99 Å². The molecule has 1 aromatic rings. The van der Waals surface area contributed by atoms with E-state index in [9.17, 15) is 4.79 Å². The molecular weight excluding hydrogens is 128 g/mol. The van der Waals surface area contributed by atoms with Gasteiger partial charge < -0.3 is 5.11 Å². The second kappa shape index (κ2) is 1.82. The molecule has 0 saturated carbocycles. The summed E-state index contributed by atoms with van der Waals surface area (Å²) in [4.78, 5) is 14.1. The zero-order chi connectivity index (χ0) is 6.85. The first kappa shape index (κ1) is 5.70. The lowest BCUT2D eigenvalue weighted by Gasteiger charge is -1.92. The Bertz CT molecular complexity index is 249. The van der Waals surface area contributed by atoms with E-state index in [1.807, 2.05) is 5.10 Å². The summed E-state index contributed by atoms with van der Waals surface area (Å²) in [6.45, 7) is 0. The number of aromatic nitrogens is 2. The molecule has 50 valence electrons. The lowest BCUT2D eigenvalue weighted by atomic mass is 10.7. The lowest BCUT2D eigenvalue weighted by Crippen LogP contribution is -2.11. The number of H-pyrrole nitrogens is 1. The number of nitrogens with one attached hydrogen (secondary N) is 1. The van der Waals surface area contributed by atoms with Crippen LogP contribution in [0.3, 0.4) is 0 Å². The number of aromatic amines is 1. The summed E-state index contributed by atoms with van der Waals surface area (Å²) >= 11 is 0. The highest BCUT2D eigenvalue weighted by atomic mass is 17.2. The number of hydrogen-bond acceptors (Lipinski definition) is 4. The van der Waals surface area contributed by atoms with E-state index >= 15 is 0 Å². The number of nitrogens with zero attached hydrogens (tertiary/aromatic N) is 1. The van der Waals surface area contributed by atoms with Gasteiger partial charge in [0.25, 0.3) is 11.4 Å². The molecule has 0 atom stereocenters. The highest BCUT2D eigenvalue weighted by Gasteiger charge is 1.99. The largest absolute Gasteiger partial charge is 0.491 e. The van der Waals surface area contributed by atoms with Crippen LogP contribution in [0, 0.1) is 0 Å². The molecule has 3 N–H and O–H groups in total. The van der Waals surface area contributed by atoms with Gasteiger partial charge in [-0.2, -0.15) is 5.26 Å². The fraction of sp³-hybridized carbons (Fsp3) is 0. The lowest BCUT2D eigenvalue weighted by molar-refractivity contribution is -0.256. The normalized spacial score (nSPS) is 9.44. The standard InChI is InChI=1S/C3H4N2O4/c6-2-1-3(7)5(4-2)9-8/h1,7-8H,(H,4,6). The third-order valence-corrected chi connectivity index (χ3v) is 0.762. The van der Waals surface area contributed by atoms with E-state index in [0.29, 0.717) is 4.85 Å². The summed E-state index contributed by atoms with van der Waals surface area (Å²) in [6, 6.07) is 0.857. The van der Waals surface area contributed by atoms with Crippen molar-refractivity contribution in [2.45, 2.75) is 0 Å². The molecule has 0 unspecified atom stereocenters. The van der Waals surface area contributed by atoms with Crippen LogP contribution < -0.4 is 10.5 Å². The summed E-state index contributed by atoms with van der Waals surface area (Å²) in [5.74, 6) is -0.484. The number of rotatable bonds is 1. The third kappa shape index (κ3) is 0.868. The van der Waals surface area contributed by atoms with Crippen LogP contribution in [0.4, 0.5) is 0 Å². The van der Waals surface area contributed by atoms with E-state index in [1.165, 1.54) is 0 Å². The highest BCUT2D eigenvalue weighted by Crippen LogP contribution is 1.97. The highest BCUT2D eigenvalue weighted by molar-refractivity contribution is 5.02. The summed E-state index contributed by atoms with van der Waals surface area (Å²) in [5.41, 5.74) is -0.554. The van der Waals surface area contributed by atoms with Crippen molar-refractivity contribution in [3.63, 3.8) is 0 Å². The third-order valence-electron chi connectivity index (χ3n) is 0.762. The molecule has 0 radical (unpaired) electrons. The monoisotopic (exact) mass is 132 g/mol. The Kier molecular flexibility index (Phi) is 1.16. The van der Waals surface area contributed by atoms with Gasteiger partial charge in [-0.15, -0.1) is 0 Å². The van der Waals surface area contributed by atoms with Crippen LogP contribution in [0.2, 0.25) is 0 Å². The topological polar surface area (TPSA) is 87.5 Å². The molecule has 0 aliphatic rings. The van der Waals surface area contributed by atoms with Gasteiger partial charge in [-0.05, 0) is 4.85 Å². The van der Waals surface area contributed by atoms with Crippen LogP contribution in [0.15, 0.2) is 10.9 Å². The molecule has 0 aromatic carbocycles. The molecule has 6 heteroatoms. The Morgan fingerprint density at radius 2 is 2.44 bits per heavy atom. The fourth-order valence-electron chi connectivity index (χ4n) is 0.428. The van der Waals surface area contributed by atoms with Crippen molar-refractivity contribution in [3.8, 4) is 5.88 Å². The van der Waals surface area contributed by atoms with Crippen LogP contribution in [0.5, 0.6) is 5.88 Å². The van der Waals surface area contributed by atoms with Crippen molar-refractivity contribution in [3.05, 3.63) is 16.4 Å². The van der Waals surface area contributed by atoms with Crippen molar-refractivity contribution in [2.75, 3.05) is 0 Å². The fourth-order valence-corrected chi connectivity index (χ4v) is 0.428. The van der Waals surface area contributed by atoms with Gasteiger partial charge in [-0.3, -0.25) is 4.79 Å². The van der Waals surface area contributed by atoms with Crippen molar-refractivity contribution in [1.82, 2.24) is 9.94 Å². The van der Waals surface area contributed by atoms with Gasteiger partial charge in [0.15, 0.2) is 0 Å². The van der Waals surface area contributed by atoms with E-state index in [-0.39, 0.29) is 0 Å².